The molecule has 146 valence electrons. The Morgan fingerprint density at radius 3 is 2.14 bits per heavy atom. The van der Waals surface area contributed by atoms with Crippen molar-refractivity contribution < 1.29 is 19.4 Å². The van der Waals surface area contributed by atoms with Crippen LogP contribution in [0.1, 0.15) is 20.8 Å². The third kappa shape index (κ3) is 4.49. The molecule has 0 spiro atoms. The Balaban J connectivity index is 1.67. The van der Waals surface area contributed by atoms with Crippen molar-refractivity contribution in [3.8, 4) is 34.3 Å². The number of aliphatic carboxylic acids is 1. The zero-order chi connectivity index (χ0) is 20.1. The second kappa shape index (κ2) is 8.12. The summed E-state index contributed by atoms with van der Waals surface area (Å²) in [6, 6.07) is 15.8. The number of hydrogen-bond donors (Lipinski definition) is 2. The number of nitrogens with zero attached hydrogens (tertiary/aromatic N) is 2. The topological polar surface area (TPSA) is 97.3 Å². The van der Waals surface area contributed by atoms with Crippen molar-refractivity contribution in [3.63, 3.8) is 0 Å². The van der Waals surface area contributed by atoms with E-state index in [4.69, 9.17) is 14.6 Å². The molecular weight excluding hydrogens is 358 g/mol. The summed E-state index contributed by atoms with van der Waals surface area (Å²) in [6.07, 6.45) is 0. The quantitative estimate of drug-likeness (QED) is 0.611. The second-order valence-corrected chi connectivity index (χ2v) is 6.98. The zero-order valence-corrected chi connectivity index (χ0v) is 16.1. The SMILES string of the molecule is CCOc1n[nH]c(-c2ccc(-c3ccc(OCC(C)(C)C(=O)O)cc3)cc2)n1. The highest BCUT2D eigenvalue weighted by molar-refractivity contribution is 5.73. The Morgan fingerprint density at radius 1 is 1.00 bits per heavy atom. The normalized spacial score (nSPS) is 11.2. The fourth-order valence-electron chi connectivity index (χ4n) is 2.46. The molecule has 0 saturated heterocycles. The van der Waals surface area contributed by atoms with Gasteiger partial charge in [-0.3, -0.25) is 9.89 Å². The van der Waals surface area contributed by atoms with E-state index in [1.54, 1.807) is 13.8 Å². The van der Waals surface area contributed by atoms with Crippen LogP contribution in [-0.2, 0) is 4.79 Å². The van der Waals surface area contributed by atoms with Gasteiger partial charge in [-0.15, -0.1) is 5.10 Å². The number of carboxylic acid groups (broad SMARTS) is 1. The van der Waals surface area contributed by atoms with E-state index < -0.39 is 11.4 Å². The van der Waals surface area contributed by atoms with Gasteiger partial charge in [0.15, 0.2) is 5.82 Å². The molecule has 0 aliphatic carbocycles. The lowest BCUT2D eigenvalue weighted by molar-refractivity contribution is -0.148. The number of H-pyrrole nitrogens is 1. The van der Waals surface area contributed by atoms with Crippen LogP contribution in [0.25, 0.3) is 22.5 Å². The Kier molecular flexibility index (Phi) is 5.63. The molecule has 0 bridgehead atoms. The van der Waals surface area contributed by atoms with Gasteiger partial charge >= 0.3 is 12.0 Å². The van der Waals surface area contributed by atoms with Crippen LogP contribution in [0.5, 0.6) is 11.8 Å². The molecule has 7 heteroatoms. The maximum atomic E-state index is 11.1. The molecule has 3 rings (SSSR count). The first-order valence-electron chi connectivity index (χ1n) is 9.01. The van der Waals surface area contributed by atoms with Gasteiger partial charge in [-0.2, -0.15) is 4.98 Å². The van der Waals surface area contributed by atoms with Gasteiger partial charge in [0.1, 0.15) is 12.4 Å². The molecule has 0 atom stereocenters. The standard InChI is InChI=1S/C21H23N3O4/c1-4-27-20-22-18(23-24-20)16-7-5-14(6-8-16)15-9-11-17(12-10-15)28-13-21(2,3)19(25)26/h5-12H,4,13H2,1-3H3,(H,25,26)(H,22,23,24). The van der Waals surface area contributed by atoms with Crippen LogP contribution in [0.2, 0.25) is 0 Å². The van der Waals surface area contributed by atoms with Crippen molar-refractivity contribution in [3.05, 3.63) is 48.5 Å². The average Bonchev–Trinajstić information content (AvgIpc) is 3.16. The van der Waals surface area contributed by atoms with Crippen LogP contribution in [-0.4, -0.2) is 39.5 Å². The number of aromatic amines is 1. The fraction of sp³-hybridized carbons (Fsp3) is 0.286. The summed E-state index contributed by atoms with van der Waals surface area (Å²) in [7, 11) is 0. The van der Waals surface area contributed by atoms with Crippen molar-refractivity contribution >= 4 is 5.97 Å². The lowest BCUT2D eigenvalue weighted by Gasteiger charge is -2.19. The molecule has 0 amide bonds. The summed E-state index contributed by atoms with van der Waals surface area (Å²) in [5.74, 6) is 0.406. The van der Waals surface area contributed by atoms with Gasteiger partial charge in [0.05, 0.1) is 12.0 Å². The number of nitrogens with one attached hydrogen (secondary N) is 1. The molecule has 28 heavy (non-hydrogen) atoms. The molecule has 0 saturated carbocycles. The molecule has 0 fully saturated rings. The van der Waals surface area contributed by atoms with Gasteiger partial charge in [0.2, 0.25) is 0 Å². The summed E-state index contributed by atoms with van der Waals surface area (Å²) in [6.45, 7) is 5.78. The van der Waals surface area contributed by atoms with Gasteiger partial charge in [-0.05, 0) is 44.0 Å². The minimum atomic E-state index is -0.933. The number of benzene rings is 2. The molecule has 7 nitrogen and oxygen atoms in total. The molecule has 1 heterocycles. The predicted octanol–water partition coefficient (Wildman–Crippen LogP) is 4.03. The van der Waals surface area contributed by atoms with Crippen LogP contribution >= 0.6 is 0 Å². The number of ether oxygens (including phenoxy) is 2. The van der Waals surface area contributed by atoms with Crippen LogP contribution in [0.3, 0.4) is 0 Å². The summed E-state index contributed by atoms with van der Waals surface area (Å²) in [4.78, 5) is 15.4. The predicted molar refractivity (Wildman–Crippen MR) is 105 cm³/mol. The molecule has 0 aliphatic rings. The molecule has 0 aliphatic heterocycles. The Morgan fingerprint density at radius 2 is 1.57 bits per heavy atom. The number of carboxylic acids is 1. The average molecular weight is 381 g/mol. The van der Waals surface area contributed by atoms with Crippen LogP contribution in [0.4, 0.5) is 0 Å². The molecule has 2 N–H and O–H groups in total. The van der Waals surface area contributed by atoms with Gasteiger partial charge in [0, 0.05) is 5.56 Å². The monoisotopic (exact) mass is 381 g/mol. The smallest absolute Gasteiger partial charge is 0.335 e. The molecule has 0 radical (unpaired) electrons. The Bertz CT molecular complexity index is 931. The second-order valence-electron chi connectivity index (χ2n) is 6.98. The minimum absolute atomic E-state index is 0.108. The van der Waals surface area contributed by atoms with E-state index in [1.807, 2.05) is 55.5 Å². The molecular formula is C21H23N3O4. The highest BCUT2D eigenvalue weighted by Gasteiger charge is 2.28. The Hall–Kier alpha value is -3.35. The first-order chi connectivity index (χ1) is 13.4. The van der Waals surface area contributed by atoms with E-state index in [2.05, 4.69) is 15.2 Å². The number of hydrogen-bond acceptors (Lipinski definition) is 5. The first-order valence-corrected chi connectivity index (χ1v) is 9.01. The van der Waals surface area contributed by atoms with Crippen molar-refractivity contribution in [2.75, 3.05) is 13.2 Å². The summed E-state index contributed by atoms with van der Waals surface area (Å²) >= 11 is 0. The van der Waals surface area contributed by atoms with E-state index in [9.17, 15) is 4.79 Å². The highest BCUT2D eigenvalue weighted by Crippen LogP contribution is 2.26. The largest absolute Gasteiger partial charge is 0.492 e. The number of carbonyl (C=O) groups is 1. The van der Waals surface area contributed by atoms with E-state index in [0.29, 0.717) is 24.2 Å². The molecule has 2 aromatic carbocycles. The van der Waals surface area contributed by atoms with Crippen molar-refractivity contribution in [2.45, 2.75) is 20.8 Å². The lowest BCUT2D eigenvalue weighted by Crippen LogP contribution is -2.30. The molecule has 0 unspecified atom stereocenters. The van der Waals surface area contributed by atoms with E-state index in [-0.39, 0.29) is 6.61 Å². The van der Waals surface area contributed by atoms with Crippen molar-refractivity contribution in [2.24, 2.45) is 5.41 Å². The Labute approximate surface area is 163 Å². The van der Waals surface area contributed by atoms with Crippen molar-refractivity contribution in [1.82, 2.24) is 15.2 Å². The number of rotatable bonds is 8. The maximum absolute atomic E-state index is 11.1. The van der Waals surface area contributed by atoms with E-state index >= 15 is 0 Å². The zero-order valence-electron chi connectivity index (χ0n) is 16.1. The fourth-order valence-corrected chi connectivity index (χ4v) is 2.46. The van der Waals surface area contributed by atoms with Crippen LogP contribution in [0, 0.1) is 5.41 Å². The summed E-state index contributed by atoms with van der Waals surface area (Å²) in [5.41, 5.74) is 2.06. The third-order valence-electron chi connectivity index (χ3n) is 4.26. The first kappa shape index (κ1) is 19.4. The lowest BCUT2D eigenvalue weighted by atomic mass is 9.95. The van der Waals surface area contributed by atoms with Gasteiger partial charge < -0.3 is 14.6 Å². The summed E-state index contributed by atoms with van der Waals surface area (Å²) in [5, 5.41) is 16.0. The molecule has 1 aromatic heterocycles. The third-order valence-corrected chi connectivity index (χ3v) is 4.26. The maximum Gasteiger partial charge on any atom is 0.335 e. The molecule has 3 aromatic rings. The van der Waals surface area contributed by atoms with Gasteiger partial charge in [-0.1, -0.05) is 36.4 Å². The number of aromatic nitrogens is 3. The highest BCUT2D eigenvalue weighted by atomic mass is 16.5. The van der Waals surface area contributed by atoms with Crippen LogP contribution in [0.15, 0.2) is 48.5 Å². The van der Waals surface area contributed by atoms with Crippen molar-refractivity contribution in [1.29, 1.82) is 0 Å². The van der Waals surface area contributed by atoms with Crippen LogP contribution < -0.4 is 9.47 Å². The van der Waals surface area contributed by atoms with Gasteiger partial charge in [-0.25, -0.2) is 0 Å². The van der Waals surface area contributed by atoms with E-state index in [0.717, 1.165) is 16.7 Å². The minimum Gasteiger partial charge on any atom is -0.492 e. The van der Waals surface area contributed by atoms with E-state index in [1.165, 1.54) is 0 Å². The van der Waals surface area contributed by atoms with Gasteiger partial charge in [0.25, 0.3) is 0 Å². The summed E-state index contributed by atoms with van der Waals surface area (Å²) < 4.78 is 10.9.